The quantitative estimate of drug-likeness (QED) is 0.911. The second-order valence-electron chi connectivity index (χ2n) is 3.82. The fourth-order valence-corrected chi connectivity index (χ4v) is 1.71. The maximum Gasteiger partial charge on any atom is 0.325 e. The number of aliphatic carboxylic acids is 1. The third-order valence-electron chi connectivity index (χ3n) is 2.61. The van der Waals surface area contributed by atoms with E-state index in [1.165, 1.54) is 16.9 Å². The zero-order chi connectivity index (χ0) is 13.3. The first-order chi connectivity index (χ1) is 8.49. The van der Waals surface area contributed by atoms with E-state index >= 15 is 0 Å². The fraction of sp³-hybridized carbons (Fsp3) is 0.167. The molecule has 0 aliphatic heterocycles. The number of carboxylic acids is 1. The minimum Gasteiger partial charge on any atom is -0.480 e. The van der Waals surface area contributed by atoms with E-state index in [4.69, 9.17) is 5.11 Å². The number of carboxylic acid groups (broad SMARTS) is 1. The van der Waals surface area contributed by atoms with Crippen molar-refractivity contribution in [3.05, 3.63) is 41.7 Å². The minimum atomic E-state index is -1.03. The van der Waals surface area contributed by atoms with Gasteiger partial charge in [-0.25, -0.2) is 8.78 Å². The lowest BCUT2D eigenvalue weighted by Crippen LogP contribution is -2.11. The molecular formula is C12H10F2N2O2. The molecule has 0 amide bonds. The van der Waals surface area contributed by atoms with Gasteiger partial charge in [-0.3, -0.25) is 9.48 Å². The third-order valence-corrected chi connectivity index (χ3v) is 2.61. The maximum absolute atomic E-state index is 13.6. The molecule has 1 heterocycles. The number of hydrogen-bond acceptors (Lipinski definition) is 2. The third kappa shape index (κ3) is 2.22. The largest absolute Gasteiger partial charge is 0.480 e. The molecule has 1 aromatic heterocycles. The summed E-state index contributed by atoms with van der Waals surface area (Å²) in [6, 6.07) is 3.23. The molecule has 6 heteroatoms. The highest BCUT2D eigenvalue weighted by molar-refractivity contribution is 5.69. The van der Waals surface area contributed by atoms with E-state index in [1.54, 1.807) is 6.92 Å². The molecule has 0 saturated heterocycles. The van der Waals surface area contributed by atoms with Crippen molar-refractivity contribution in [3.63, 3.8) is 0 Å². The molecule has 1 aromatic carbocycles. The highest BCUT2D eigenvalue weighted by Gasteiger charge is 2.14. The van der Waals surface area contributed by atoms with Gasteiger partial charge in [0.05, 0.1) is 6.20 Å². The number of nitrogens with zero attached hydrogens (tertiary/aromatic N) is 2. The van der Waals surface area contributed by atoms with E-state index in [9.17, 15) is 13.6 Å². The number of benzene rings is 1. The summed E-state index contributed by atoms with van der Waals surface area (Å²) >= 11 is 0. The zero-order valence-electron chi connectivity index (χ0n) is 9.52. The number of rotatable bonds is 3. The fourth-order valence-electron chi connectivity index (χ4n) is 1.71. The van der Waals surface area contributed by atoms with Crippen molar-refractivity contribution in [1.29, 1.82) is 0 Å². The predicted molar refractivity (Wildman–Crippen MR) is 60.0 cm³/mol. The monoisotopic (exact) mass is 252 g/mol. The van der Waals surface area contributed by atoms with Crippen LogP contribution < -0.4 is 0 Å². The van der Waals surface area contributed by atoms with Gasteiger partial charge in [-0.15, -0.1) is 0 Å². The molecular weight excluding hydrogens is 242 g/mol. The molecule has 1 N–H and O–H groups in total. The van der Waals surface area contributed by atoms with Crippen LogP contribution in [-0.2, 0) is 11.3 Å². The zero-order valence-corrected chi connectivity index (χ0v) is 9.52. The minimum absolute atomic E-state index is 0.200. The van der Waals surface area contributed by atoms with E-state index in [2.05, 4.69) is 5.10 Å². The Morgan fingerprint density at radius 2 is 2.11 bits per heavy atom. The van der Waals surface area contributed by atoms with Gasteiger partial charge in [-0.05, 0) is 19.1 Å². The van der Waals surface area contributed by atoms with Crippen LogP contribution in [0.3, 0.4) is 0 Å². The van der Waals surface area contributed by atoms with E-state index < -0.39 is 17.6 Å². The smallest absolute Gasteiger partial charge is 0.325 e. The van der Waals surface area contributed by atoms with Gasteiger partial charge in [-0.2, -0.15) is 5.10 Å². The van der Waals surface area contributed by atoms with Crippen molar-refractivity contribution in [3.8, 4) is 11.1 Å². The topological polar surface area (TPSA) is 55.1 Å². The SMILES string of the molecule is Cc1c(-c2ccc(F)cc2F)cnn1CC(=O)O. The number of aromatic nitrogens is 2. The van der Waals surface area contributed by atoms with Crippen LogP contribution in [0.15, 0.2) is 24.4 Å². The van der Waals surface area contributed by atoms with Crippen LogP contribution >= 0.6 is 0 Å². The van der Waals surface area contributed by atoms with Crippen LogP contribution in [-0.4, -0.2) is 20.9 Å². The molecule has 18 heavy (non-hydrogen) atoms. The van der Waals surface area contributed by atoms with E-state index in [0.717, 1.165) is 12.1 Å². The highest BCUT2D eigenvalue weighted by atomic mass is 19.1. The molecule has 0 radical (unpaired) electrons. The Kier molecular flexibility index (Phi) is 3.10. The van der Waals surface area contributed by atoms with Crippen LogP contribution in [0.25, 0.3) is 11.1 Å². The summed E-state index contributed by atoms with van der Waals surface area (Å²) in [7, 11) is 0. The first-order valence-corrected chi connectivity index (χ1v) is 5.18. The number of hydrogen-bond donors (Lipinski definition) is 1. The lowest BCUT2D eigenvalue weighted by Gasteiger charge is -2.04. The van der Waals surface area contributed by atoms with Gasteiger partial charge in [0.1, 0.15) is 18.2 Å². The highest BCUT2D eigenvalue weighted by Crippen LogP contribution is 2.26. The molecule has 0 aliphatic carbocycles. The number of carbonyl (C=O) groups is 1. The molecule has 0 spiro atoms. The standard InChI is InChI=1S/C12H10F2N2O2/c1-7-10(5-15-16(7)6-12(17)18)9-3-2-8(13)4-11(9)14/h2-5H,6H2,1H3,(H,17,18). The lowest BCUT2D eigenvalue weighted by atomic mass is 10.1. The predicted octanol–water partition coefficient (Wildman–Crippen LogP) is 2.22. The number of halogens is 2. The molecule has 0 saturated carbocycles. The van der Waals surface area contributed by atoms with Crippen molar-refractivity contribution >= 4 is 5.97 Å². The van der Waals surface area contributed by atoms with Gasteiger partial charge >= 0.3 is 5.97 Å². The van der Waals surface area contributed by atoms with Gasteiger partial charge in [0.15, 0.2) is 0 Å². The first kappa shape index (κ1) is 12.2. The molecule has 0 fully saturated rings. The van der Waals surface area contributed by atoms with Crippen molar-refractivity contribution in [2.75, 3.05) is 0 Å². The average Bonchev–Trinajstić information content (AvgIpc) is 2.60. The van der Waals surface area contributed by atoms with E-state index in [0.29, 0.717) is 11.3 Å². The van der Waals surface area contributed by atoms with Crippen molar-refractivity contribution in [2.45, 2.75) is 13.5 Å². The molecule has 0 atom stereocenters. The van der Waals surface area contributed by atoms with E-state index in [1.807, 2.05) is 0 Å². The van der Waals surface area contributed by atoms with E-state index in [-0.39, 0.29) is 12.1 Å². The summed E-state index contributed by atoms with van der Waals surface area (Å²) in [6.45, 7) is 1.34. The van der Waals surface area contributed by atoms with Crippen molar-refractivity contribution < 1.29 is 18.7 Å². The Balaban J connectivity index is 2.45. The lowest BCUT2D eigenvalue weighted by molar-refractivity contribution is -0.137. The molecule has 0 bridgehead atoms. The molecule has 4 nitrogen and oxygen atoms in total. The van der Waals surface area contributed by atoms with Crippen LogP contribution in [0, 0.1) is 18.6 Å². The second-order valence-corrected chi connectivity index (χ2v) is 3.82. The van der Waals surface area contributed by atoms with Gasteiger partial charge in [0.25, 0.3) is 0 Å². The Hall–Kier alpha value is -2.24. The summed E-state index contributed by atoms with van der Waals surface area (Å²) in [5.74, 6) is -2.40. The molecule has 0 aliphatic rings. The summed E-state index contributed by atoms with van der Waals surface area (Å²) < 4.78 is 27.6. The molecule has 2 aromatic rings. The van der Waals surface area contributed by atoms with Gasteiger partial charge in [-0.1, -0.05) is 0 Å². The van der Waals surface area contributed by atoms with Crippen LogP contribution in [0.2, 0.25) is 0 Å². The van der Waals surface area contributed by atoms with Crippen molar-refractivity contribution in [1.82, 2.24) is 9.78 Å². The van der Waals surface area contributed by atoms with Crippen LogP contribution in [0.1, 0.15) is 5.69 Å². The van der Waals surface area contributed by atoms with Gasteiger partial charge in [0.2, 0.25) is 0 Å². The Morgan fingerprint density at radius 3 is 2.72 bits per heavy atom. The normalized spacial score (nSPS) is 10.6. The molecule has 94 valence electrons. The second kappa shape index (κ2) is 4.56. The summed E-state index contributed by atoms with van der Waals surface area (Å²) in [4.78, 5) is 10.6. The van der Waals surface area contributed by atoms with Gasteiger partial charge in [0, 0.05) is 22.9 Å². The molecule has 2 rings (SSSR count). The Morgan fingerprint density at radius 1 is 1.39 bits per heavy atom. The summed E-state index contributed by atoms with van der Waals surface area (Å²) in [5, 5.41) is 12.5. The van der Waals surface area contributed by atoms with Crippen LogP contribution in [0.4, 0.5) is 8.78 Å². The van der Waals surface area contributed by atoms with Crippen LogP contribution in [0.5, 0.6) is 0 Å². The Labute approximate surface area is 101 Å². The average molecular weight is 252 g/mol. The summed E-state index contributed by atoms with van der Waals surface area (Å²) in [6.07, 6.45) is 1.37. The van der Waals surface area contributed by atoms with Crippen molar-refractivity contribution in [2.24, 2.45) is 0 Å². The molecule has 0 unspecified atom stereocenters. The Bertz CT molecular complexity index is 608. The van der Waals surface area contributed by atoms with Gasteiger partial charge < -0.3 is 5.11 Å². The maximum atomic E-state index is 13.6. The summed E-state index contributed by atoms with van der Waals surface area (Å²) in [5.41, 5.74) is 1.17. The first-order valence-electron chi connectivity index (χ1n) is 5.18.